The molecule has 0 radical (unpaired) electrons. The molecule has 0 aliphatic carbocycles. The van der Waals surface area contributed by atoms with Gasteiger partial charge in [-0.15, -0.1) is 11.3 Å². The summed E-state index contributed by atoms with van der Waals surface area (Å²) in [6.45, 7) is 0. The van der Waals surface area contributed by atoms with Crippen LogP contribution in [0.1, 0.15) is 9.67 Å². The summed E-state index contributed by atoms with van der Waals surface area (Å²) < 4.78 is 5.55. The third-order valence-corrected chi connectivity index (χ3v) is 3.88. The zero-order valence-corrected chi connectivity index (χ0v) is 12.9. The number of carbonyl (C=O) groups is 1. The zero-order chi connectivity index (χ0) is 14.5. The van der Waals surface area contributed by atoms with Crippen LogP contribution in [0.4, 0.5) is 10.7 Å². The molecule has 2 aromatic rings. The first-order valence-electron chi connectivity index (χ1n) is 5.56. The van der Waals surface area contributed by atoms with Gasteiger partial charge in [0.25, 0.3) is 0 Å². The summed E-state index contributed by atoms with van der Waals surface area (Å²) in [5, 5.41) is 13.1. The number of nitrogens with one attached hydrogen (secondary N) is 1. The van der Waals surface area contributed by atoms with Crippen LogP contribution < -0.4 is 5.32 Å². The number of hydrogen-bond acceptors (Lipinski definition) is 5. The zero-order valence-electron chi connectivity index (χ0n) is 10.5. The maximum Gasteiger partial charge on any atom is 0.351 e. The van der Waals surface area contributed by atoms with Gasteiger partial charge in [-0.05, 0) is 24.3 Å². The van der Waals surface area contributed by atoms with Crippen LogP contribution in [0.15, 0.2) is 39.8 Å². The normalized spacial score (nSPS) is 10.7. The number of rotatable bonds is 4. The number of aromatic hydroxyl groups is 1. The van der Waals surface area contributed by atoms with Crippen molar-refractivity contribution in [2.45, 2.75) is 0 Å². The van der Waals surface area contributed by atoms with Crippen molar-refractivity contribution >= 4 is 50.3 Å². The van der Waals surface area contributed by atoms with E-state index in [0.29, 0.717) is 5.00 Å². The summed E-state index contributed by atoms with van der Waals surface area (Å²) in [6, 6.07) is 9.01. The number of halogens is 1. The van der Waals surface area contributed by atoms with Gasteiger partial charge in [-0.25, -0.2) is 9.79 Å². The molecular formula is C13H11BrN2O3S. The van der Waals surface area contributed by atoms with Crippen molar-refractivity contribution in [1.82, 2.24) is 0 Å². The molecule has 0 amide bonds. The van der Waals surface area contributed by atoms with E-state index in [1.807, 2.05) is 24.3 Å². The first kappa shape index (κ1) is 14.5. The largest absolute Gasteiger partial charge is 0.506 e. The number of ether oxygens (including phenoxy) is 1. The lowest BCUT2D eigenvalue weighted by Gasteiger charge is -1.98. The second kappa shape index (κ2) is 6.53. The molecule has 1 aromatic heterocycles. The van der Waals surface area contributed by atoms with Crippen LogP contribution in [0.2, 0.25) is 0 Å². The molecule has 2 N–H and O–H groups in total. The number of hydrogen-bond donors (Lipinski definition) is 2. The Morgan fingerprint density at radius 2 is 2.15 bits per heavy atom. The minimum Gasteiger partial charge on any atom is -0.506 e. The number of aliphatic imine (C=N–C) groups is 1. The van der Waals surface area contributed by atoms with Crippen molar-refractivity contribution in [3.05, 3.63) is 39.7 Å². The van der Waals surface area contributed by atoms with Crippen LogP contribution in [-0.4, -0.2) is 24.5 Å². The van der Waals surface area contributed by atoms with Crippen molar-refractivity contribution in [2.24, 2.45) is 4.99 Å². The number of benzene rings is 1. The minimum atomic E-state index is -0.574. The van der Waals surface area contributed by atoms with Gasteiger partial charge in [-0.2, -0.15) is 0 Å². The van der Waals surface area contributed by atoms with E-state index in [0.717, 1.165) is 21.5 Å². The highest BCUT2D eigenvalue weighted by Gasteiger charge is 2.15. The molecule has 0 saturated heterocycles. The number of carbonyl (C=O) groups excluding carboxylic acids is 1. The van der Waals surface area contributed by atoms with Crippen LogP contribution in [-0.2, 0) is 4.74 Å². The Hall–Kier alpha value is -1.86. The summed E-state index contributed by atoms with van der Waals surface area (Å²) in [5.74, 6) is -0.701. The quantitative estimate of drug-likeness (QED) is 0.498. The molecule has 1 aromatic carbocycles. The van der Waals surface area contributed by atoms with Gasteiger partial charge >= 0.3 is 5.97 Å². The second-order valence-corrected chi connectivity index (χ2v) is 5.65. The van der Waals surface area contributed by atoms with Crippen LogP contribution in [0.3, 0.4) is 0 Å². The average Bonchev–Trinajstić information content (AvgIpc) is 2.81. The molecule has 20 heavy (non-hydrogen) atoms. The number of esters is 1. The molecule has 0 saturated carbocycles. The van der Waals surface area contributed by atoms with Crippen molar-refractivity contribution < 1.29 is 14.6 Å². The summed E-state index contributed by atoms with van der Waals surface area (Å²) in [6.07, 6.45) is 1.50. The molecule has 0 unspecified atom stereocenters. The van der Waals surface area contributed by atoms with Crippen molar-refractivity contribution in [2.75, 3.05) is 12.4 Å². The van der Waals surface area contributed by atoms with Gasteiger partial charge < -0.3 is 15.2 Å². The van der Waals surface area contributed by atoms with E-state index < -0.39 is 5.97 Å². The number of nitrogens with zero attached hydrogens (tertiary/aromatic N) is 1. The molecule has 0 spiro atoms. The van der Waals surface area contributed by atoms with E-state index in [4.69, 9.17) is 0 Å². The highest BCUT2D eigenvalue weighted by Crippen LogP contribution is 2.34. The molecule has 0 aliphatic rings. The molecule has 0 aliphatic heterocycles. The standard InChI is InChI=1S/C13H11BrN2O3S/c1-19-13(18)12-10(17)6-11(20-12)16-7-15-9-4-2-8(14)3-5-9/h2-7,17H,1H3,(H,15,16). The molecule has 0 fully saturated rings. The molecule has 0 bridgehead atoms. The summed E-state index contributed by atoms with van der Waals surface area (Å²) in [7, 11) is 1.26. The van der Waals surface area contributed by atoms with E-state index in [9.17, 15) is 9.90 Å². The molecule has 104 valence electrons. The summed E-state index contributed by atoms with van der Waals surface area (Å²) >= 11 is 4.41. The smallest absolute Gasteiger partial charge is 0.351 e. The topological polar surface area (TPSA) is 70.9 Å². The van der Waals surface area contributed by atoms with Crippen molar-refractivity contribution in [1.29, 1.82) is 0 Å². The van der Waals surface area contributed by atoms with Gasteiger partial charge in [-0.1, -0.05) is 15.9 Å². The Morgan fingerprint density at radius 3 is 2.80 bits per heavy atom. The Labute approximate surface area is 128 Å². The lowest BCUT2D eigenvalue weighted by molar-refractivity contribution is 0.0603. The van der Waals surface area contributed by atoms with Gasteiger partial charge in [0.15, 0.2) is 4.88 Å². The van der Waals surface area contributed by atoms with E-state index in [2.05, 4.69) is 31.0 Å². The van der Waals surface area contributed by atoms with Crippen molar-refractivity contribution in [3.63, 3.8) is 0 Å². The van der Waals surface area contributed by atoms with E-state index in [-0.39, 0.29) is 10.6 Å². The Bertz CT molecular complexity index is 638. The third kappa shape index (κ3) is 3.58. The predicted octanol–water partition coefficient (Wildman–Crippen LogP) is 3.77. The van der Waals surface area contributed by atoms with Gasteiger partial charge in [0.1, 0.15) is 10.8 Å². The Kier molecular flexibility index (Phi) is 4.75. The lowest BCUT2D eigenvalue weighted by Crippen LogP contribution is -1.97. The highest BCUT2D eigenvalue weighted by atomic mass is 79.9. The van der Waals surface area contributed by atoms with Gasteiger partial charge in [-0.3, -0.25) is 0 Å². The van der Waals surface area contributed by atoms with E-state index >= 15 is 0 Å². The van der Waals surface area contributed by atoms with Crippen molar-refractivity contribution in [3.8, 4) is 5.75 Å². The first-order valence-corrected chi connectivity index (χ1v) is 7.17. The maximum atomic E-state index is 11.3. The fourth-order valence-corrected chi connectivity index (χ4v) is 2.47. The van der Waals surface area contributed by atoms with Crippen LogP contribution in [0.25, 0.3) is 0 Å². The third-order valence-electron chi connectivity index (χ3n) is 2.34. The monoisotopic (exact) mass is 354 g/mol. The molecule has 7 heteroatoms. The molecule has 5 nitrogen and oxygen atoms in total. The molecule has 2 rings (SSSR count). The number of methoxy groups -OCH3 is 1. The Morgan fingerprint density at radius 1 is 1.45 bits per heavy atom. The fourth-order valence-electron chi connectivity index (χ4n) is 1.39. The van der Waals surface area contributed by atoms with Gasteiger partial charge in [0, 0.05) is 16.2 Å². The predicted molar refractivity (Wildman–Crippen MR) is 83.2 cm³/mol. The van der Waals surface area contributed by atoms with Gasteiger partial charge in [0.2, 0.25) is 0 Å². The summed E-state index contributed by atoms with van der Waals surface area (Å²) in [5.41, 5.74) is 0.880. The fraction of sp³-hybridized carbons (Fsp3) is 0.0769. The molecule has 0 atom stereocenters. The van der Waals surface area contributed by atoms with Gasteiger partial charge in [0.05, 0.1) is 13.4 Å². The second-order valence-electron chi connectivity index (χ2n) is 3.70. The number of anilines is 1. The maximum absolute atomic E-state index is 11.3. The Balaban J connectivity index is 2.04. The average molecular weight is 355 g/mol. The minimum absolute atomic E-state index is 0.127. The van der Waals surface area contributed by atoms with Crippen LogP contribution >= 0.6 is 27.3 Å². The molecular weight excluding hydrogens is 344 g/mol. The van der Waals surface area contributed by atoms with Crippen LogP contribution in [0.5, 0.6) is 5.75 Å². The van der Waals surface area contributed by atoms with Crippen LogP contribution in [0, 0.1) is 0 Å². The SMILES string of the molecule is COC(=O)c1sc(/N=C/Nc2ccc(Br)cc2)cc1O. The molecule has 1 heterocycles. The van der Waals surface area contributed by atoms with E-state index in [1.165, 1.54) is 19.5 Å². The van der Waals surface area contributed by atoms with E-state index in [1.54, 1.807) is 0 Å². The summed E-state index contributed by atoms with van der Waals surface area (Å²) in [4.78, 5) is 15.6. The highest BCUT2D eigenvalue weighted by molar-refractivity contribution is 9.10. The first-order chi connectivity index (χ1) is 9.60. The number of thiophene rings is 1. The lowest BCUT2D eigenvalue weighted by atomic mass is 10.3.